The fourth-order valence-corrected chi connectivity index (χ4v) is 3.13. The predicted octanol–water partition coefficient (Wildman–Crippen LogP) is 4.43. The van der Waals surface area contributed by atoms with Crippen LogP contribution in [-0.4, -0.2) is 28.3 Å². The second kappa shape index (κ2) is 7.84. The first-order chi connectivity index (χ1) is 12.1. The van der Waals surface area contributed by atoms with Gasteiger partial charge in [-0.2, -0.15) is 0 Å². The minimum absolute atomic E-state index is 0.705. The van der Waals surface area contributed by atoms with Crippen molar-refractivity contribution in [2.75, 3.05) is 14.2 Å². The first-order valence-corrected chi connectivity index (χ1v) is 8.93. The van der Waals surface area contributed by atoms with Gasteiger partial charge in [-0.25, -0.2) is 4.98 Å². The topological polar surface area (TPSA) is 41.2 Å². The minimum Gasteiger partial charge on any atom is -0.497 e. The first-order valence-electron chi connectivity index (χ1n) is 7.73. The van der Waals surface area contributed by atoms with E-state index in [-0.39, 0.29) is 0 Å². The smallest absolute Gasteiger partial charge is 0.185 e. The summed E-state index contributed by atoms with van der Waals surface area (Å²) in [6, 6.07) is 9.68. The van der Waals surface area contributed by atoms with Gasteiger partial charge in [-0.3, -0.25) is 4.57 Å². The van der Waals surface area contributed by atoms with Crippen LogP contribution in [0.1, 0.15) is 5.56 Å². The van der Waals surface area contributed by atoms with E-state index in [1.807, 2.05) is 51.9 Å². The molecule has 2 heterocycles. The summed E-state index contributed by atoms with van der Waals surface area (Å²) in [4.78, 5) is 4.39. The van der Waals surface area contributed by atoms with E-state index in [9.17, 15) is 0 Å². The summed E-state index contributed by atoms with van der Waals surface area (Å²) in [7, 11) is 3.33. The third-order valence-electron chi connectivity index (χ3n) is 3.92. The minimum atomic E-state index is 0.705. The number of ether oxygens (including phenoxy) is 2. The summed E-state index contributed by atoms with van der Waals surface area (Å²) >= 11 is 8.98. The van der Waals surface area contributed by atoms with Crippen molar-refractivity contribution in [2.45, 2.75) is 13.0 Å². The fourth-order valence-electron chi connectivity index (χ4n) is 2.59. The molecule has 0 aliphatic heterocycles. The standard InChI is InChI=1S/C18H18BrN3O2S/c1-23-15-4-5-16(24-2)13(11-15)7-8-21-9-10-22(18(21)25)17-6-3-14(19)12-20-17/h3-6,9-12H,7-8H2,1-2H3. The Kier molecular flexibility index (Phi) is 5.55. The lowest BCUT2D eigenvalue weighted by atomic mass is 10.1. The van der Waals surface area contributed by atoms with Crippen LogP contribution < -0.4 is 9.47 Å². The molecule has 25 heavy (non-hydrogen) atoms. The molecule has 0 amide bonds. The zero-order valence-corrected chi connectivity index (χ0v) is 16.4. The van der Waals surface area contributed by atoms with Crippen LogP contribution in [0.15, 0.2) is 53.4 Å². The molecule has 0 fully saturated rings. The van der Waals surface area contributed by atoms with E-state index in [1.54, 1.807) is 20.4 Å². The Morgan fingerprint density at radius 2 is 1.96 bits per heavy atom. The molecule has 0 N–H and O–H groups in total. The van der Waals surface area contributed by atoms with Crippen LogP contribution in [0, 0.1) is 4.77 Å². The van der Waals surface area contributed by atoms with Crippen LogP contribution in [0.3, 0.4) is 0 Å². The molecular weight excluding hydrogens is 402 g/mol. The highest BCUT2D eigenvalue weighted by molar-refractivity contribution is 9.10. The number of methoxy groups -OCH3 is 2. The molecule has 3 aromatic rings. The number of imidazole rings is 1. The van der Waals surface area contributed by atoms with E-state index in [4.69, 9.17) is 21.7 Å². The molecule has 0 atom stereocenters. The highest BCUT2D eigenvalue weighted by atomic mass is 79.9. The third kappa shape index (κ3) is 3.93. The zero-order chi connectivity index (χ0) is 17.8. The number of pyridine rings is 1. The number of halogens is 1. The number of aromatic nitrogens is 3. The zero-order valence-electron chi connectivity index (χ0n) is 14.0. The van der Waals surface area contributed by atoms with Crippen molar-refractivity contribution in [3.63, 3.8) is 0 Å². The Hall–Kier alpha value is -2.12. The highest BCUT2D eigenvalue weighted by Gasteiger charge is 2.08. The van der Waals surface area contributed by atoms with Gasteiger partial charge in [-0.15, -0.1) is 0 Å². The molecule has 7 heteroatoms. The van der Waals surface area contributed by atoms with E-state index in [2.05, 4.69) is 20.9 Å². The molecule has 2 aromatic heterocycles. The lowest BCUT2D eigenvalue weighted by Crippen LogP contribution is -2.04. The summed E-state index contributed by atoms with van der Waals surface area (Å²) < 4.78 is 16.3. The van der Waals surface area contributed by atoms with Crippen LogP contribution in [-0.2, 0) is 13.0 Å². The fraction of sp³-hybridized carbons (Fsp3) is 0.222. The van der Waals surface area contributed by atoms with Gasteiger partial charge in [-0.1, -0.05) is 0 Å². The van der Waals surface area contributed by atoms with Gasteiger partial charge in [0.2, 0.25) is 0 Å². The number of benzene rings is 1. The molecule has 0 radical (unpaired) electrons. The van der Waals surface area contributed by atoms with Gasteiger partial charge in [0.05, 0.1) is 14.2 Å². The Morgan fingerprint density at radius 1 is 1.12 bits per heavy atom. The number of rotatable bonds is 6. The average Bonchev–Trinajstić information content (AvgIpc) is 3.01. The Morgan fingerprint density at radius 3 is 2.64 bits per heavy atom. The first kappa shape index (κ1) is 17.7. The van der Waals surface area contributed by atoms with E-state index < -0.39 is 0 Å². The SMILES string of the molecule is COc1ccc(OC)c(CCn2ccn(-c3ccc(Br)cn3)c2=S)c1. The molecule has 0 spiro atoms. The molecule has 0 aliphatic carbocycles. The second-order valence-corrected chi connectivity index (χ2v) is 6.69. The number of hydrogen-bond donors (Lipinski definition) is 0. The molecule has 0 unspecified atom stereocenters. The summed E-state index contributed by atoms with van der Waals surface area (Å²) in [5.41, 5.74) is 1.08. The molecule has 5 nitrogen and oxygen atoms in total. The van der Waals surface area contributed by atoms with Crippen molar-refractivity contribution in [3.8, 4) is 17.3 Å². The van der Waals surface area contributed by atoms with Gasteiger partial charge in [0, 0.05) is 29.6 Å². The average molecular weight is 420 g/mol. The maximum absolute atomic E-state index is 5.58. The molecule has 0 saturated heterocycles. The number of hydrogen-bond acceptors (Lipinski definition) is 4. The summed E-state index contributed by atoms with van der Waals surface area (Å²) in [6.45, 7) is 0.742. The Labute approximate surface area is 160 Å². The molecule has 0 aliphatic rings. The van der Waals surface area contributed by atoms with Crippen LogP contribution >= 0.6 is 28.1 Å². The Balaban J connectivity index is 1.81. The lowest BCUT2D eigenvalue weighted by molar-refractivity contribution is 0.397. The highest BCUT2D eigenvalue weighted by Crippen LogP contribution is 2.25. The van der Waals surface area contributed by atoms with Crippen LogP contribution in [0.5, 0.6) is 11.5 Å². The van der Waals surface area contributed by atoms with E-state index in [0.29, 0.717) is 4.77 Å². The number of aryl methyl sites for hydroxylation is 2. The molecule has 0 saturated carbocycles. The van der Waals surface area contributed by atoms with Crippen molar-refractivity contribution in [3.05, 3.63) is 63.7 Å². The molecular formula is C18H18BrN3O2S. The van der Waals surface area contributed by atoms with Crippen molar-refractivity contribution < 1.29 is 9.47 Å². The third-order valence-corrected chi connectivity index (χ3v) is 4.82. The van der Waals surface area contributed by atoms with Crippen molar-refractivity contribution in [1.82, 2.24) is 14.1 Å². The lowest BCUT2D eigenvalue weighted by Gasteiger charge is -2.11. The predicted molar refractivity (Wildman–Crippen MR) is 103 cm³/mol. The van der Waals surface area contributed by atoms with Crippen LogP contribution in [0.25, 0.3) is 5.82 Å². The number of nitrogens with zero attached hydrogens (tertiary/aromatic N) is 3. The Bertz CT molecular complexity index is 919. The van der Waals surface area contributed by atoms with Crippen LogP contribution in [0.4, 0.5) is 0 Å². The maximum atomic E-state index is 5.58. The van der Waals surface area contributed by atoms with E-state index >= 15 is 0 Å². The largest absolute Gasteiger partial charge is 0.497 e. The van der Waals surface area contributed by atoms with Crippen molar-refractivity contribution in [2.24, 2.45) is 0 Å². The maximum Gasteiger partial charge on any atom is 0.185 e. The second-order valence-electron chi connectivity index (χ2n) is 5.41. The normalized spacial score (nSPS) is 10.7. The molecule has 1 aromatic carbocycles. The van der Waals surface area contributed by atoms with Gasteiger partial charge in [-0.05, 0) is 70.5 Å². The summed E-state index contributed by atoms with van der Waals surface area (Å²) in [6.07, 6.45) is 6.45. The summed E-state index contributed by atoms with van der Waals surface area (Å²) in [5, 5.41) is 0. The molecule has 0 bridgehead atoms. The van der Waals surface area contributed by atoms with Crippen LogP contribution in [0.2, 0.25) is 0 Å². The van der Waals surface area contributed by atoms with Gasteiger partial charge < -0.3 is 14.0 Å². The van der Waals surface area contributed by atoms with E-state index in [1.165, 1.54) is 0 Å². The van der Waals surface area contributed by atoms with Gasteiger partial charge in [0.15, 0.2) is 4.77 Å². The van der Waals surface area contributed by atoms with Gasteiger partial charge >= 0.3 is 0 Å². The van der Waals surface area contributed by atoms with Gasteiger partial charge in [0.1, 0.15) is 17.3 Å². The summed E-state index contributed by atoms with van der Waals surface area (Å²) in [5.74, 6) is 2.46. The van der Waals surface area contributed by atoms with Crippen molar-refractivity contribution in [1.29, 1.82) is 0 Å². The van der Waals surface area contributed by atoms with Gasteiger partial charge in [0.25, 0.3) is 0 Å². The van der Waals surface area contributed by atoms with Crippen molar-refractivity contribution >= 4 is 28.1 Å². The monoisotopic (exact) mass is 419 g/mol. The quantitative estimate of drug-likeness (QED) is 0.554. The van der Waals surface area contributed by atoms with E-state index in [0.717, 1.165) is 40.3 Å². The molecule has 130 valence electrons. The molecule has 3 rings (SSSR count).